The molecule has 2 aliphatic carbocycles. The van der Waals surface area contributed by atoms with Crippen LogP contribution in [0, 0.1) is 22.7 Å². The van der Waals surface area contributed by atoms with Crippen molar-refractivity contribution in [1.82, 2.24) is 0 Å². The number of Topliss-reactive ketones (excluding diaryl/α,β-unsaturated/α-hetero) is 2. The second-order valence-electron chi connectivity index (χ2n) is 8.64. The largest absolute Gasteiger partial charge is 0.299 e. The first kappa shape index (κ1) is 19.9. The van der Waals surface area contributed by atoms with Crippen molar-refractivity contribution in [3.05, 3.63) is 0 Å². The summed E-state index contributed by atoms with van der Waals surface area (Å²) in [5.41, 5.74) is -1.14. The summed E-state index contributed by atoms with van der Waals surface area (Å²) in [6.07, 6.45) is 5.39. The van der Waals surface area contributed by atoms with E-state index in [2.05, 4.69) is 0 Å². The summed E-state index contributed by atoms with van der Waals surface area (Å²) in [5.74, 6) is 0.0464. The summed E-state index contributed by atoms with van der Waals surface area (Å²) < 4.78 is 30.9. The molecule has 2 bridgehead atoms. The monoisotopic (exact) mass is 378 g/mol. The highest BCUT2D eigenvalue weighted by Crippen LogP contribution is 2.64. The summed E-state index contributed by atoms with van der Waals surface area (Å²) >= 11 is 0. The van der Waals surface area contributed by atoms with Gasteiger partial charge in [-0.05, 0) is 36.7 Å². The Labute approximate surface area is 147 Å². The number of rotatable bonds is 7. The fraction of sp³-hybridized carbons (Fsp3) is 0.882. The van der Waals surface area contributed by atoms with Crippen molar-refractivity contribution < 1.29 is 21.6 Å². The number of hydrogen-bond acceptors (Lipinski definition) is 5. The zero-order valence-electron chi connectivity index (χ0n) is 15.5. The minimum Gasteiger partial charge on any atom is -0.299 e. The molecule has 140 valence electrons. The molecule has 0 aromatic heterocycles. The minimum atomic E-state index is -3.88. The van der Waals surface area contributed by atoms with Gasteiger partial charge in [0.05, 0.1) is 16.9 Å². The standard InChI is InChI=1S/C17H30O5S2/c1-12(2)14(18)10-23(5,6)22-24(20,21)11-17-8-7-13(9-15(17)19)16(17,3)4/h12-13H,7-11H2,1-6H3. The zero-order valence-corrected chi connectivity index (χ0v) is 17.2. The molecule has 7 heteroatoms. The van der Waals surface area contributed by atoms with Gasteiger partial charge in [0, 0.05) is 12.3 Å². The van der Waals surface area contributed by atoms with Crippen molar-refractivity contribution in [2.24, 2.45) is 22.7 Å². The van der Waals surface area contributed by atoms with E-state index in [4.69, 9.17) is 3.63 Å². The van der Waals surface area contributed by atoms with E-state index in [0.29, 0.717) is 12.8 Å². The number of fused-ring (bicyclic) bond motifs is 2. The Hall–Kier alpha value is -0.400. The molecule has 0 N–H and O–H groups in total. The third-order valence-electron chi connectivity index (χ3n) is 5.98. The van der Waals surface area contributed by atoms with Gasteiger partial charge < -0.3 is 0 Å². The molecule has 2 fully saturated rings. The van der Waals surface area contributed by atoms with Crippen LogP contribution < -0.4 is 0 Å². The molecule has 24 heavy (non-hydrogen) atoms. The summed E-state index contributed by atoms with van der Waals surface area (Å²) in [6.45, 7) is 7.60. The molecule has 0 radical (unpaired) electrons. The fourth-order valence-electron chi connectivity index (χ4n) is 4.25. The summed E-state index contributed by atoms with van der Waals surface area (Å²) in [7, 11) is -5.93. The first-order chi connectivity index (χ1) is 10.7. The third kappa shape index (κ3) is 3.44. The minimum absolute atomic E-state index is 0.00145. The van der Waals surface area contributed by atoms with Crippen LogP contribution in [0.5, 0.6) is 0 Å². The maximum atomic E-state index is 12.7. The zero-order chi connectivity index (χ0) is 18.6. The van der Waals surface area contributed by atoms with Gasteiger partial charge in [0.1, 0.15) is 11.6 Å². The topological polar surface area (TPSA) is 77.5 Å². The van der Waals surface area contributed by atoms with E-state index in [1.54, 1.807) is 26.4 Å². The Balaban J connectivity index is 2.17. The van der Waals surface area contributed by atoms with Gasteiger partial charge in [0.15, 0.2) is 0 Å². The van der Waals surface area contributed by atoms with Crippen LogP contribution in [-0.2, 0) is 23.3 Å². The molecule has 2 aliphatic rings. The highest BCUT2D eigenvalue weighted by Gasteiger charge is 2.65. The molecule has 0 saturated heterocycles. The van der Waals surface area contributed by atoms with E-state index in [1.807, 2.05) is 13.8 Å². The average Bonchev–Trinajstić information content (AvgIpc) is 2.69. The van der Waals surface area contributed by atoms with Crippen LogP contribution >= 0.6 is 10.3 Å². The second-order valence-corrected chi connectivity index (χ2v) is 13.7. The van der Waals surface area contributed by atoms with Crippen molar-refractivity contribution in [2.45, 2.75) is 47.0 Å². The first-order valence-corrected chi connectivity index (χ1v) is 12.6. The lowest BCUT2D eigenvalue weighted by molar-refractivity contribution is -0.128. The Morgan fingerprint density at radius 2 is 1.88 bits per heavy atom. The molecule has 2 saturated carbocycles. The van der Waals surface area contributed by atoms with Gasteiger partial charge in [-0.1, -0.05) is 27.7 Å². The van der Waals surface area contributed by atoms with Crippen molar-refractivity contribution in [3.63, 3.8) is 0 Å². The summed E-state index contributed by atoms with van der Waals surface area (Å²) in [6, 6.07) is 0. The normalized spacial score (nSPS) is 30.1. The molecule has 0 aromatic carbocycles. The van der Waals surface area contributed by atoms with Crippen molar-refractivity contribution in [3.8, 4) is 0 Å². The molecule has 0 heterocycles. The molecule has 5 nitrogen and oxygen atoms in total. The van der Waals surface area contributed by atoms with Crippen LogP contribution in [-0.4, -0.2) is 44.0 Å². The van der Waals surface area contributed by atoms with Gasteiger partial charge in [0.25, 0.3) is 10.1 Å². The molecule has 0 amide bonds. The lowest BCUT2D eigenvalue weighted by Gasteiger charge is -2.37. The number of ketones is 2. The Bertz CT molecular complexity index is 648. The Morgan fingerprint density at radius 3 is 2.29 bits per heavy atom. The number of hydrogen-bond donors (Lipinski definition) is 0. The second kappa shape index (κ2) is 6.09. The van der Waals surface area contributed by atoms with E-state index >= 15 is 0 Å². The molecular formula is C17H30O5S2. The smallest absolute Gasteiger partial charge is 0.277 e. The number of carbonyl (C=O) groups excluding carboxylic acids is 2. The van der Waals surface area contributed by atoms with Crippen LogP contribution in [0.4, 0.5) is 0 Å². The molecular weight excluding hydrogens is 348 g/mol. The molecule has 0 aliphatic heterocycles. The quantitative estimate of drug-likeness (QED) is 0.681. The van der Waals surface area contributed by atoms with Crippen LogP contribution in [0.2, 0.25) is 0 Å². The van der Waals surface area contributed by atoms with Crippen molar-refractivity contribution >= 4 is 32.0 Å². The summed E-state index contributed by atoms with van der Waals surface area (Å²) in [5, 5.41) is 0. The van der Waals surface area contributed by atoms with Crippen LogP contribution in [0.15, 0.2) is 0 Å². The van der Waals surface area contributed by atoms with Crippen LogP contribution in [0.3, 0.4) is 0 Å². The third-order valence-corrected chi connectivity index (χ3v) is 10.1. The predicted octanol–water partition coefficient (Wildman–Crippen LogP) is 2.93. The maximum Gasteiger partial charge on any atom is 0.277 e. The van der Waals surface area contributed by atoms with Gasteiger partial charge in [-0.3, -0.25) is 9.59 Å². The van der Waals surface area contributed by atoms with Gasteiger partial charge >= 0.3 is 0 Å². The number of carbonyl (C=O) groups is 2. The van der Waals surface area contributed by atoms with Crippen molar-refractivity contribution in [1.29, 1.82) is 0 Å². The van der Waals surface area contributed by atoms with E-state index in [-0.39, 0.29) is 40.3 Å². The molecule has 2 atom stereocenters. The molecule has 2 rings (SSSR count). The lowest BCUT2D eigenvalue weighted by atomic mass is 9.70. The van der Waals surface area contributed by atoms with E-state index in [1.165, 1.54) is 0 Å². The fourth-order valence-corrected chi connectivity index (χ4v) is 9.18. The van der Waals surface area contributed by atoms with E-state index in [9.17, 15) is 18.0 Å². The molecule has 2 unspecified atom stereocenters. The van der Waals surface area contributed by atoms with E-state index < -0.39 is 25.8 Å². The van der Waals surface area contributed by atoms with Gasteiger partial charge in [-0.15, -0.1) is 10.3 Å². The highest BCUT2D eigenvalue weighted by atomic mass is 32.3. The molecule has 0 aromatic rings. The first-order valence-electron chi connectivity index (χ1n) is 8.43. The van der Waals surface area contributed by atoms with Gasteiger partial charge in [0.2, 0.25) is 0 Å². The highest BCUT2D eigenvalue weighted by molar-refractivity contribution is 8.32. The lowest BCUT2D eigenvalue weighted by Crippen LogP contribution is -2.42. The Morgan fingerprint density at radius 1 is 1.29 bits per heavy atom. The maximum absolute atomic E-state index is 12.7. The van der Waals surface area contributed by atoms with Crippen LogP contribution in [0.25, 0.3) is 0 Å². The van der Waals surface area contributed by atoms with E-state index in [0.717, 1.165) is 6.42 Å². The predicted molar refractivity (Wildman–Crippen MR) is 97.6 cm³/mol. The molecule has 0 spiro atoms. The Kier molecular flexibility index (Phi) is 5.06. The SMILES string of the molecule is CC(C)C(=O)CS(C)(C)OS(=O)(=O)CC12CCC(CC1=O)C2(C)C. The van der Waals surface area contributed by atoms with Gasteiger partial charge in [-0.25, -0.2) is 3.63 Å². The van der Waals surface area contributed by atoms with Gasteiger partial charge in [-0.2, -0.15) is 8.42 Å². The summed E-state index contributed by atoms with van der Waals surface area (Å²) in [4.78, 5) is 24.5. The van der Waals surface area contributed by atoms with Crippen LogP contribution in [0.1, 0.15) is 47.0 Å². The average molecular weight is 379 g/mol. The van der Waals surface area contributed by atoms with Crippen molar-refractivity contribution in [2.75, 3.05) is 24.0 Å².